The predicted octanol–water partition coefficient (Wildman–Crippen LogP) is 0.833. The third-order valence-electron chi connectivity index (χ3n) is 4.02. The van der Waals surface area contributed by atoms with Crippen molar-refractivity contribution in [3.8, 4) is 0 Å². The molecule has 114 valence electrons. The number of nitrogens with one attached hydrogen (secondary N) is 2. The van der Waals surface area contributed by atoms with Gasteiger partial charge >= 0.3 is 0 Å². The topological polar surface area (TPSA) is 78.4 Å². The minimum atomic E-state index is -0.430. The van der Waals surface area contributed by atoms with E-state index < -0.39 is 11.7 Å². The summed E-state index contributed by atoms with van der Waals surface area (Å²) >= 11 is 0. The molecule has 0 saturated heterocycles. The minimum absolute atomic E-state index is 0.0520. The Kier molecular flexibility index (Phi) is 4.57. The molecule has 5 nitrogen and oxygen atoms in total. The molecule has 1 aromatic carbocycles. The lowest BCUT2D eigenvalue weighted by molar-refractivity contribution is -0.121. The number of carbonyl (C=O) groups is 2. The summed E-state index contributed by atoms with van der Waals surface area (Å²) < 4.78 is 12.7. The first-order chi connectivity index (χ1) is 9.97. The van der Waals surface area contributed by atoms with Gasteiger partial charge in [-0.1, -0.05) is 0 Å². The van der Waals surface area contributed by atoms with E-state index in [4.69, 9.17) is 0 Å². The van der Waals surface area contributed by atoms with Crippen LogP contribution in [-0.2, 0) is 4.79 Å². The van der Waals surface area contributed by atoms with Gasteiger partial charge < -0.3 is 15.7 Å². The lowest BCUT2D eigenvalue weighted by Crippen LogP contribution is -2.45. The van der Waals surface area contributed by atoms with E-state index >= 15 is 0 Å². The Balaban J connectivity index is 1.78. The van der Waals surface area contributed by atoms with Crippen LogP contribution in [0.4, 0.5) is 4.39 Å². The summed E-state index contributed by atoms with van der Waals surface area (Å²) in [5.74, 6) is -1.16. The molecule has 0 bridgehead atoms. The Morgan fingerprint density at radius 2 is 1.95 bits per heavy atom. The lowest BCUT2D eigenvalue weighted by atomic mass is 9.99. The van der Waals surface area contributed by atoms with E-state index in [-0.39, 0.29) is 30.5 Å². The molecule has 21 heavy (non-hydrogen) atoms. The Hall–Kier alpha value is -1.95. The maximum absolute atomic E-state index is 12.7. The fourth-order valence-corrected chi connectivity index (χ4v) is 2.20. The van der Waals surface area contributed by atoms with Crippen LogP contribution in [0.5, 0.6) is 0 Å². The first-order valence-corrected chi connectivity index (χ1v) is 6.91. The fourth-order valence-electron chi connectivity index (χ4n) is 2.20. The number of halogens is 1. The van der Waals surface area contributed by atoms with Crippen LogP contribution in [0.1, 0.15) is 30.1 Å². The molecule has 6 heteroatoms. The Labute approximate surface area is 122 Å². The molecule has 0 aromatic heterocycles. The Bertz CT molecular complexity index is 526. The molecule has 1 aliphatic rings. The molecular formula is C15H19FN2O3. The maximum atomic E-state index is 12.7. The molecule has 1 fully saturated rings. The number of amides is 2. The molecule has 0 aliphatic heterocycles. The van der Waals surface area contributed by atoms with Crippen molar-refractivity contribution in [1.29, 1.82) is 0 Å². The van der Waals surface area contributed by atoms with Crippen molar-refractivity contribution >= 4 is 11.8 Å². The summed E-state index contributed by atoms with van der Waals surface area (Å²) in [6, 6.07) is 4.97. The summed E-state index contributed by atoms with van der Waals surface area (Å²) in [4.78, 5) is 23.5. The first kappa shape index (κ1) is 15.4. The van der Waals surface area contributed by atoms with Crippen LogP contribution in [0, 0.1) is 11.2 Å². The van der Waals surface area contributed by atoms with Crippen molar-refractivity contribution in [2.24, 2.45) is 5.41 Å². The third-order valence-corrected chi connectivity index (χ3v) is 4.02. The standard InChI is InChI=1S/C15H19FN2O3/c1-10(15(9-19)6-7-15)18-13(20)8-17-14(21)11-2-4-12(16)5-3-11/h2-5,10,19H,6-9H2,1H3,(H,17,21)(H,18,20). The molecular weight excluding hydrogens is 275 g/mol. The summed E-state index contributed by atoms with van der Waals surface area (Å²) in [7, 11) is 0. The number of benzene rings is 1. The smallest absolute Gasteiger partial charge is 0.251 e. The van der Waals surface area contributed by atoms with E-state index in [1.165, 1.54) is 24.3 Å². The van der Waals surface area contributed by atoms with Crippen molar-refractivity contribution in [3.05, 3.63) is 35.6 Å². The minimum Gasteiger partial charge on any atom is -0.396 e. The Morgan fingerprint density at radius 1 is 1.33 bits per heavy atom. The average Bonchev–Trinajstić information content (AvgIpc) is 3.26. The van der Waals surface area contributed by atoms with Gasteiger partial charge in [0.15, 0.2) is 0 Å². The number of carbonyl (C=O) groups excluding carboxylic acids is 2. The number of hydrogen-bond acceptors (Lipinski definition) is 3. The van der Waals surface area contributed by atoms with Crippen molar-refractivity contribution < 1.29 is 19.1 Å². The van der Waals surface area contributed by atoms with E-state index in [9.17, 15) is 19.1 Å². The number of hydrogen-bond donors (Lipinski definition) is 3. The highest BCUT2D eigenvalue weighted by atomic mass is 19.1. The number of rotatable bonds is 6. The van der Waals surface area contributed by atoms with Crippen molar-refractivity contribution in [2.45, 2.75) is 25.8 Å². The fraction of sp³-hybridized carbons (Fsp3) is 0.467. The average molecular weight is 294 g/mol. The van der Waals surface area contributed by atoms with E-state index in [1.807, 2.05) is 6.92 Å². The molecule has 0 heterocycles. The third kappa shape index (κ3) is 3.78. The van der Waals surface area contributed by atoms with Crippen LogP contribution in [0.3, 0.4) is 0 Å². The molecule has 1 atom stereocenters. The summed E-state index contributed by atoms with van der Waals surface area (Å²) in [5, 5.41) is 14.5. The molecule has 0 radical (unpaired) electrons. The largest absolute Gasteiger partial charge is 0.396 e. The highest BCUT2D eigenvalue weighted by Crippen LogP contribution is 2.47. The second kappa shape index (κ2) is 6.22. The molecule has 2 rings (SSSR count). The molecule has 1 aliphatic carbocycles. The molecule has 1 unspecified atom stereocenters. The van der Waals surface area contributed by atoms with Gasteiger partial charge in [-0.3, -0.25) is 9.59 Å². The summed E-state index contributed by atoms with van der Waals surface area (Å²) in [6.07, 6.45) is 1.79. The van der Waals surface area contributed by atoms with Gasteiger partial charge in [0.25, 0.3) is 5.91 Å². The van der Waals surface area contributed by atoms with Gasteiger partial charge in [0, 0.05) is 17.0 Å². The normalized spacial score (nSPS) is 16.9. The van der Waals surface area contributed by atoms with E-state index in [2.05, 4.69) is 10.6 Å². The van der Waals surface area contributed by atoms with Gasteiger partial charge in [-0.05, 0) is 44.0 Å². The molecule has 0 spiro atoms. The second-order valence-electron chi connectivity index (χ2n) is 5.50. The van der Waals surface area contributed by atoms with Crippen LogP contribution in [0.15, 0.2) is 24.3 Å². The van der Waals surface area contributed by atoms with Gasteiger partial charge in [0.05, 0.1) is 13.2 Å². The zero-order chi connectivity index (χ0) is 15.5. The van der Waals surface area contributed by atoms with Crippen LogP contribution < -0.4 is 10.6 Å². The highest BCUT2D eigenvalue weighted by molar-refractivity contribution is 5.96. The Morgan fingerprint density at radius 3 is 2.48 bits per heavy atom. The van der Waals surface area contributed by atoms with Gasteiger partial charge in [-0.25, -0.2) is 4.39 Å². The highest BCUT2D eigenvalue weighted by Gasteiger charge is 2.47. The monoisotopic (exact) mass is 294 g/mol. The van der Waals surface area contributed by atoms with Gasteiger partial charge in [-0.15, -0.1) is 0 Å². The van der Waals surface area contributed by atoms with E-state index in [0.717, 1.165) is 12.8 Å². The van der Waals surface area contributed by atoms with Crippen molar-refractivity contribution in [3.63, 3.8) is 0 Å². The summed E-state index contributed by atoms with van der Waals surface area (Å²) in [6.45, 7) is 1.75. The second-order valence-corrected chi connectivity index (χ2v) is 5.50. The van der Waals surface area contributed by atoms with Crippen LogP contribution >= 0.6 is 0 Å². The first-order valence-electron chi connectivity index (χ1n) is 6.91. The predicted molar refractivity (Wildman–Crippen MR) is 75.1 cm³/mol. The SMILES string of the molecule is CC(NC(=O)CNC(=O)c1ccc(F)cc1)C1(CO)CC1. The van der Waals surface area contributed by atoms with Gasteiger partial charge in [0.2, 0.25) is 5.91 Å². The van der Waals surface area contributed by atoms with Gasteiger partial charge in [0.1, 0.15) is 5.82 Å². The zero-order valence-corrected chi connectivity index (χ0v) is 11.9. The quantitative estimate of drug-likeness (QED) is 0.727. The van der Waals surface area contributed by atoms with E-state index in [0.29, 0.717) is 5.56 Å². The van der Waals surface area contributed by atoms with Gasteiger partial charge in [-0.2, -0.15) is 0 Å². The van der Waals surface area contributed by atoms with Crippen LogP contribution in [-0.4, -0.2) is 36.1 Å². The van der Waals surface area contributed by atoms with Crippen LogP contribution in [0.2, 0.25) is 0 Å². The van der Waals surface area contributed by atoms with Crippen LogP contribution in [0.25, 0.3) is 0 Å². The van der Waals surface area contributed by atoms with Crippen molar-refractivity contribution in [2.75, 3.05) is 13.2 Å². The molecule has 1 saturated carbocycles. The molecule has 1 aromatic rings. The molecule has 2 amide bonds. The zero-order valence-electron chi connectivity index (χ0n) is 11.9. The number of aliphatic hydroxyl groups is 1. The maximum Gasteiger partial charge on any atom is 0.251 e. The molecule has 3 N–H and O–H groups in total. The van der Waals surface area contributed by atoms with Crippen molar-refractivity contribution in [1.82, 2.24) is 10.6 Å². The summed E-state index contributed by atoms with van der Waals surface area (Å²) in [5.41, 5.74) is 0.0997. The van der Waals surface area contributed by atoms with E-state index in [1.54, 1.807) is 0 Å². The lowest BCUT2D eigenvalue weighted by Gasteiger charge is -2.22. The number of aliphatic hydroxyl groups excluding tert-OH is 1.